The molecule has 0 saturated carbocycles. The van der Waals surface area contributed by atoms with Crippen molar-refractivity contribution in [2.45, 2.75) is 38.6 Å². The molecule has 0 fully saturated rings. The van der Waals surface area contributed by atoms with Crippen molar-refractivity contribution in [2.24, 2.45) is 0 Å². The molecule has 2 rings (SSSR count). The number of rotatable bonds is 5. The molecule has 0 spiro atoms. The van der Waals surface area contributed by atoms with Gasteiger partial charge in [0.1, 0.15) is 6.04 Å². The van der Waals surface area contributed by atoms with Gasteiger partial charge >= 0.3 is 5.97 Å². The Kier molecular flexibility index (Phi) is 4.57. The van der Waals surface area contributed by atoms with Gasteiger partial charge in [-0.15, -0.1) is 0 Å². The van der Waals surface area contributed by atoms with Crippen LogP contribution < -0.4 is 10.6 Å². The van der Waals surface area contributed by atoms with E-state index in [1.54, 1.807) is 18.2 Å². The van der Waals surface area contributed by atoms with Gasteiger partial charge in [0, 0.05) is 17.7 Å². The van der Waals surface area contributed by atoms with Gasteiger partial charge in [0.15, 0.2) is 0 Å². The van der Waals surface area contributed by atoms with Crippen molar-refractivity contribution in [1.29, 1.82) is 0 Å². The van der Waals surface area contributed by atoms with Gasteiger partial charge in [-0.1, -0.05) is 13.3 Å². The zero-order valence-corrected chi connectivity index (χ0v) is 11.8. The zero-order chi connectivity index (χ0) is 15.4. The van der Waals surface area contributed by atoms with Gasteiger partial charge in [0.05, 0.1) is 0 Å². The predicted molar refractivity (Wildman–Crippen MR) is 77.2 cm³/mol. The Morgan fingerprint density at radius 1 is 1.38 bits per heavy atom. The van der Waals surface area contributed by atoms with Crippen LogP contribution in [0.5, 0.6) is 0 Å². The maximum atomic E-state index is 12.1. The Bertz CT molecular complexity index is 583. The molecular weight excluding hydrogens is 272 g/mol. The average Bonchev–Trinajstić information content (AvgIpc) is 2.45. The highest BCUT2D eigenvalue weighted by Gasteiger charge is 2.21. The molecule has 1 atom stereocenters. The largest absolute Gasteiger partial charge is 0.480 e. The van der Waals surface area contributed by atoms with Crippen molar-refractivity contribution in [3.8, 4) is 0 Å². The van der Waals surface area contributed by atoms with Gasteiger partial charge in [-0.2, -0.15) is 0 Å². The summed E-state index contributed by atoms with van der Waals surface area (Å²) in [6.45, 7) is 1.86. The minimum absolute atomic E-state index is 0.0337. The van der Waals surface area contributed by atoms with Crippen LogP contribution in [-0.2, 0) is 16.0 Å². The molecular formula is C15H18N2O4. The summed E-state index contributed by atoms with van der Waals surface area (Å²) in [5.74, 6) is -1.47. The number of carboxylic acid groups (broad SMARTS) is 1. The molecule has 0 saturated heterocycles. The molecule has 1 heterocycles. The number of hydrogen-bond donors (Lipinski definition) is 3. The normalized spacial score (nSPS) is 14.8. The number of carboxylic acids is 1. The van der Waals surface area contributed by atoms with Crippen LogP contribution in [0.25, 0.3) is 0 Å². The highest BCUT2D eigenvalue weighted by molar-refractivity contribution is 5.99. The lowest BCUT2D eigenvalue weighted by molar-refractivity contribution is -0.139. The van der Waals surface area contributed by atoms with Crippen molar-refractivity contribution in [1.82, 2.24) is 5.32 Å². The van der Waals surface area contributed by atoms with E-state index in [9.17, 15) is 14.4 Å². The Morgan fingerprint density at radius 2 is 2.14 bits per heavy atom. The summed E-state index contributed by atoms with van der Waals surface area (Å²) in [7, 11) is 0. The second-order valence-electron chi connectivity index (χ2n) is 5.07. The van der Waals surface area contributed by atoms with Crippen LogP contribution in [0, 0.1) is 0 Å². The monoisotopic (exact) mass is 290 g/mol. The Hall–Kier alpha value is -2.37. The smallest absolute Gasteiger partial charge is 0.326 e. The third-order valence-electron chi connectivity index (χ3n) is 3.44. The first-order valence-electron chi connectivity index (χ1n) is 6.97. The second kappa shape index (κ2) is 6.39. The first-order valence-corrected chi connectivity index (χ1v) is 6.97. The van der Waals surface area contributed by atoms with Crippen LogP contribution in [0.3, 0.4) is 0 Å². The average molecular weight is 290 g/mol. The number of aryl methyl sites for hydroxylation is 1. The van der Waals surface area contributed by atoms with Gasteiger partial charge in [-0.05, 0) is 36.6 Å². The summed E-state index contributed by atoms with van der Waals surface area (Å²) in [5.41, 5.74) is 2.02. The van der Waals surface area contributed by atoms with E-state index < -0.39 is 17.9 Å². The van der Waals surface area contributed by atoms with E-state index in [2.05, 4.69) is 10.6 Å². The van der Waals surface area contributed by atoms with Gasteiger partial charge < -0.3 is 15.7 Å². The Balaban J connectivity index is 2.13. The lowest BCUT2D eigenvalue weighted by Crippen LogP contribution is -2.40. The molecule has 1 aromatic rings. The standard InChI is InChI=1S/C15H18N2O4/c1-2-3-12(15(20)21)17-14(19)10-4-6-11-9(8-10)5-7-13(18)16-11/h4,6,8,12H,2-3,5,7H2,1H3,(H,16,18)(H,17,19)(H,20,21)/t12-/m0/s1. The molecule has 1 aliphatic heterocycles. The number of anilines is 1. The topological polar surface area (TPSA) is 95.5 Å². The van der Waals surface area contributed by atoms with Crippen LogP contribution in [0.1, 0.15) is 42.1 Å². The maximum Gasteiger partial charge on any atom is 0.326 e. The van der Waals surface area contributed by atoms with Crippen molar-refractivity contribution >= 4 is 23.5 Å². The van der Waals surface area contributed by atoms with Crippen molar-refractivity contribution in [2.75, 3.05) is 5.32 Å². The number of carbonyl (C=O) groups excluding carboxylic acids is 2. The van der Waals surface area contributed by atoms with Crippen LogP contribution in [0.4, 0.5) is 5.69 Å². The van der Waals surface area contributed by atoms with E-state index in [0.29, 0.717) is 36.9 Å². The van der Waals surface area contributed by atoms with Crippen LogP contribution in [0.15, 0.2) is 18.2 Å². The molecule has 6 nitrogen and oxygen atoms in total. The predicted octanol–water partition coefficient (Wildman–Crippen LogP) is 1.55. The van der Waals surface area contributed by atoms with Gasteiger partial charge in [0.25, 0.3) is 5.91 Å². The minimum Gasteiger partial charge on any atom is -0.480 e. The zero-order valence-electron chi connectivity index (χ0n) is 11.8. The van der Waals surface area contributed by atoms with Crippen LogP contribution in [0.2, 0.25) is 0 Å². The molecule has 0 unspecified atom stereocenters. The highest BCUT2D eigenvalue weighted by atomic mass is 16.4. The number of nitrogens with one attached hydrogen (secondary N) is 2. The van der Waals surface area contributed by atoms with E-state index in [0.717, 1.165) is 5.56 Å². The first kappa shape index (κ1) is 15.0. The highest BCUT2D eigenvalue weighted by Crippen LogP contribution is 2.23. The van der Waals surface area contributed by atoms with Gasteiger partial charge in [-0.3, -0.25) is 9.59 Å². The molecule has 1 aromatic carbocycles. The fourth-order valence-corrected chi connectivity index (χ4v) is 2.31. The molecule has 2 amide bonds. The van der Waals surface area contributed by atoms with Crippen LogP contribution >= 0.6 is 0 Å². The molecule has 21 heavy (non-hydrogen) atoms. The molecule has 6 heteroatoms. The number of benzene rings is 1. The van der Waals surface area contributed by atoms with Crippen molar-refractivity contribution in [3.05, 3.63) is 29.3 Å². The Morgan fingerprint density at radius 3 is 2.81 bits per heavy atom. The van der Waals surface area contributed by atoms with E-state index in [4.69, 9.17) is 5.11 Å². The van der Waals surface area contributed by atoms with Gasteiger partial charge in [0.2, 0.25) is 5.91 Å². The lowest BCUT2D eigenvalue weighted by atomic mass is 10.00. The van der Waals surface area contributed by atoms with Gasteiger partial charge in [-0.25, -0.2) is 4.79 Å². The number of aliphatic carboxylic acids is 1. The summed E-state index contributed by atoms with van der Waals surface area (Å²) < 4.78 is 0. The Labute approximate surface area is 122 Å². The quantitative estimate of drug-likeness (QED) is 0.766. The third kappa shape index (κ3) is 3.59. The van der Waals surface area contributed by atoms with E-state index >= 15 is 0 Å². The number of fused-ring (bicyclic) bond motifs is 1. The summed E-state index contributed by atoms with van der Waals surface area (Å²) >= 11 is 0. The maximum absolute atomic E-state index is 12.1. The molecule has 0 aromatic heterocycles. The second-order valence-corrected chi connectivity index (χ2v) is 5.07. The third-order valence-corrected chi connectivity index (χ3v) is 3.44. The summed E-state index contributed by atoms with van der Waals surface area (Å²) in [6, 6.07) is 4.09. The number of carbonyl (C=O) groups is 3. The van der Waals surface area contributed by atoms with Crippen molar-refractivity contribution < 1.29 is 19.5 Å². The van der Waals surface area contributed by atoms with E-state index in [-0.39, 0.29) is 5.91 Å². The van der Waals surface area contributed by atoms with E-state index in [1.807, 2.05) is 6.92 Å². The molecule has 112 valence electrons. The minimum atomic E-state index is -1.03. The molecule has 0 radical (unpaired) electrons. The molecule has 0 bridgehead atoms. The fraction of sp³-hybridized carbons (Fsp3) is 0.400. The molecule has 3 N–H and O–H groups in total. The lowest BCUT2D eigenvalue weighted by Gasteiger charge is -2.18. The van der Waals surface area contributed by atoms with Crippen LogP contribution in [-0.4, -0.2) is 28.9 Å². The summed E-state index contributed by atoms with van der Waals surface area (Å²) in [6.07, 6.45) is 2.04. The van der Waals surface area contributed by atoms with E-state index in [1.165, 1.54) is 0 Å². The number of hydrogen-bond acceptors (Lipinski definition) is 3. The van der Waals surface area contributed by atoms with Crippen molar-refractivity contribution in [3.63, 3.8) is 0 Å². The fourth-order valence-electron chi connectivity index (χ4n) is 2.31. The first-order chi connectivity index (χ1) is 10.0. The molecule has 1 aliphatic rings. The SMILES string of the molecule is CCC[C@H](NC(=O)c1ccc2c(c1)CCC(=O)N2)C(=O)O. The number of amides is 2. The summed E-state index contributed by atoms with van der Waals surface area (Å²) in [4.78, 5) is 34.5. The summed E-state index contributed by atoms with van der Waals surface area (Å²) in [5, 5.41) is 14.3. The molecule has 0 aliphatic carbocycles.